The molecule has 2 aliphatic heterocycles. The summed E-state index contributed by atoms with van der Waals surface area (Å²) in [5, 5.41) is 10.2. The molecule has 2 atom stereocenters. The molecule has 1 unspecified atom stereocenters. The van der Waals surface area contributed by atoms with Crippen molar-refractivity contribution in [2.45, 2.75) is 18.0 Å². The number of amides is 1. The van der Waals surface area contributed by atoms with Gasteiger partial charge in [-0.05, 0) is 11.5 Å². The van der Waals surface area contributed by atoms with E-state index in [4.69, 9.17) is 5.11 Å². The van der Waals surface area contributed by atoms with Gasteiger partial charge in [0.1, 0.15) is 0 Å². The lowest BCUT2D eigenvalue weighted by molar-refractivity contribution is -0.153. The smallest absolute Gasteiger partial charge is 0.450 e. The Morgan fingerprint density at radius 1 is 1.77 bits per heavy atom. The molecule has 2 heterocycles. The standard InChI is InChI=1S/C7H7NO4S/c9-4-3-6-8(4)5(1-2-13-6)12-7(10)11/h1-2,5-6H,3H2,(H,10,11)/t5?,6-/m0/s1. The van der Waals surface area contributed by atoms with Crippen LogP contribution in [0, 0.1) is 0 Å². The summed E-state index contributed by atoms with van der Waals surface area (Å²) in [7, 11) is 0. The van der Waals surface area contributed by atoms with Gasteiger partial charge in [-0.15, -0.1) is 11.8 Å². The van der Waals surface area contributed by atoms with E-state index in [1.54, 1.807) is 11.5 Å². The van der Waals surface area contributed by atoms with Crippen LogP contribution < -0.4 is 0 Å². The second-order valence-electron chi connectivity index (χ2n) is 2.70. The summed E-state index contributed by atoms with van der Waals surface area (Å²) in [6.07, 6.45) is -0.0640. The molecule has 0 radical (unpaired) electrons. The van der Waals surface area contributed by atoms with Crippen molar-refractivity contribution in [3.8, 4) is 0 Å². The van der Waals surface area contributed by atoms with Crippen molar-refractivity contribution in [1.29, 1.82) is 0 Å². The molecule has 0 aromatic rings. The zero-order valence-electron chi connectivity index (χ0n) is 6.54. The van der Waals surface area contributed by atoms with Gasteiger partial charge in [-0.3, -0.25) is 9.69 Å². The summed E-state index contributed by atoms with van der Waals surface area (Å²) in [6.45, 7) is 0. The predicted octanol–water partition coefficient (Wildman–Crippen LogP) is 0.826. The van der Waals surface area contributed by atoms with Crippen LogP contribution in [0.1, 0.15) is 6.42 Å². The molecule has 2 aliphatic rings. The van der Waals surface area contributed by atoms with Gasteiger partial charge in [0.2, 0.25) is 12.1 Å². The minimum atomic E-state index is -1.36. The third-order valence-electron chi connectivity index (χ3n) is 1.92. The van der Waals surface area contributed by atoms with Gasteiger partial charge in [0, 0.05) is 0 Å². The highest BCUT2D eigenvalue weighted by Crippen LogP contribution is 2.36. The molecule has 1 N–H and O–H groups in total. The van der Waals surface area contributed by atoms with Crippen LogP contribution in [-0.2, 0) is 9.53 Å². The monoisotopic (exact) mass is 201 g/mol. The predicted molar refractivity (Wildman–Crippen MR) is 44.9 cm³/mol. The average Bonchev–Trinajstić information content (AvgIpc) is 2.00. The van der Waals surface area contributed by atoms with E-state index < -0.39 is 12.4 Å². The maximum Gasteiger partial charge on any atom is 0.507 e. The van der Waals surface area contributed by atoms with Gasteiger partial charge in [-0.25, -0.2) is 4.79 Å². The highest BCUT2D eigenvalue weighted by molar-refractivity contribution is 8.02. The number of hydrogen-bond donors (Lipinski definition) is 1. The highest BCUT2D eigenvalue weighted by atomic mass is 32.2. The summed E-state index contributed by atoms with van der Waals surface area (Å²) in [4.78, 5) is 22.7. The fourth-order valence-corrected chi connectivity index (χ4v) is 2.33. The Morgan fingerprint density at radius 2 is 2.54 bits per heavy atom. The second kappa shape index (κ2) is 2.95. The van der Waals surface area contributed by atoms with Gasteiger partial charge in [-0.1, -0.05) is 0 Å². The van der Waals surface area contributed by atoms with E-state index in [2.05, 4.69) is 4.74 Å². The quantitative estimate of drug-likeness (QED) is 0.502. The Labute approximate surface area is 78.3 Å². The zero-order valence-corrected chi connectivity index (χ0v) is 7.36. The molecule has 0 saturated carbocycles. The number of carboxylic acid groups (broad SMARTS) is 1. The zero-order chi connectivity index (χ0) is 9.42. The number of hydrogen-bond acceptors (Lipinski definition) is 4. The molecule has 1 fully saturated rings. The lowest BCUT2D eigenvalue weighted by Crippen LogP contribution is -2.57. The number of thioether (sulfide) groups is 1. The lowest BCUT2D eigenvalue weighted by atomic mass is 10.2. The molecule has 13 heavy (non-hydrogen) atoms. The fraction of sp³-hybridized carbons (Fsp3) is 0.429. The van der Waals surface area contributed by atoms with Gasteiger partial charge < -0.3 is 9.84 Å². The Morgan fingerprint density at radius 3 is 3.15 bits per heavy atom. The number of nitrogens with zero attached hydrogens (tertiary/aromatic N) is 1. The summed E-state index contributed by atoms with van der Waals surface area (Å²) >= 11 is 1.50. The van der Waals surface area contributed by atoms with E-state index in [-0.39, 0.29) is 11.3 Å². The Bertz CT molecular complexity index is 290. The van der Waals surface area contributed by atoms with Gasteiger partial charge in [0.05, 0.1) is 11.8 Å². The van der Waals surface area contributed by atoms with E-state index in [9.17, 15) is 9.59 Å². The minimum absolute atomic E-state index is 0.0573. The molecule has 0 aromatic carbocycles. The van der Waals surface area contributed by atoms with Crippen LogP contribution in [-0.4, -0.2) is 33.7 Å². The van der Waals surface area contributed by atoms with E-state index in [1.807, 2.05) is 0 Å². The van der Waals surface area contributed by atoms with Crippen LogP contribution in [0.5, 0.6) is 0 Å². The first-order valence-electron chi connectivity index (χ1n) is 3.71. The van der Waals surface area contributed by atoms with Crippen molar-refractivity contribution in [1.82, 2.24) is 4.90 Å². The minimum Gasteiger partial charge on any atom is -0.450 e. The number of ether oxygens (including phenoxy) is 1. The lowest BCUT2D eigenvalue weighted by Gasteiger charge is -2.44. The topological polar surface area (TPSA) is 66.8 Å². The number of carbonyl (C=O) groups excluding carboxylic acids is 1. The summed E-state index contributed by atoms with van der Waals surface area (Å²) in [5.74, 6) is -0.0619. The molecule has 5 nitrogen and oxygen atoms in total. The maximum atomic E-state index is 11.1. The molecule has 0 aliphatic carbocycles. The van der Waals surface area contributed by atoms with Crippen LogP contribution >= 0.6 is 11.8 Å². The van der Waals surface area contributed by atoms with Crippen LogP contribution in [0.25, 0.3) is 0 Å². The summed E-state index contributed by atoms with van der Waals surface area (Å²) in [5.41, 5.74) is 0. The Balaban J connectivity index is 2.08. The molecule has 0 spiro atoms. The van der Waals surface area contributed by atoms with Crippen LogP contribution in [0.3, 0.4) is 0 Å². The fourth-order valence-electron chi connectivity index (χ4n) is 1.32. The number of rotatable bonds is 1. The molecule has 2 rings (SSSR count). The molecule has 70 valence electrons. The van der Waals surface area contributed by atoms with Gasteiger partial charge >= 0.3 is 6.16 Å². The number of β-lactam (4-membered cyclic amide) rings is 1. The number of carbonyl (C=O) groups is 2. The van der Waals surface area contributed by atoms with Crippen molar-refractivity contribution in [2.24, 2.45) is 0 Å². The average molecular weight is 201 g/mol. The Kier molecular flexibility index (Phi) is 1.91. The molecule has 6 heteroatoms. The summed E-state index contributed by atoms with van der Waals surface area (Å²) in [6, 6.07) is 0. The normalized spacial score (nSPS) is 30.8. The third-order valence-corrected chi connectivity index (χ3v) is 2.94. The van der Waals surface area contributed by atoms with Gasteiger partial charge in [0.15, 0.2) is 0 Å². The maximum absolute atomic E-state index is 11.1. The third kappa shape index (κ3) is 1.37. The number of fused-ring (bicyclic) bond motifs is 1. The molecule has 0 bridgehead atoms. The second-order valence-corrected chi connectivity index (χ2v) is 3.79. The van der Waals surface area contributed by atoms with E-state index in [0.29, 0.717) is 6.42 Å². The molecular weight excluding hydrogens is 194 g/mol. The van der Waals surface area contributed by atoms with Crippen LogP contribution in [0.15, 0.2) is 11.5 Å². The van der Waals surface area contributed by atoms with Crippen molar-refractivity contribution in [2.75, 3.05) is 0 Å². The van der Waals surface area contributed by atoms with E-state index in [0.717, 1.165) is 0 Å². The van der Waals surface area contributed by atoms with Crippen molar-refractivity contribution in [3.05, 3.63) is 11.5 Å². The molecule has 1 amide bonds. The summed E-state index contributed by atoms with van der Waals surface area (Å²) < 4.78 is 4.52. The highest BCUT2D eigenvalue weighted by Gasteiger charge is 2.43. The Hall–Kier alpha value is -1.17. The van der Waals surface area contributed by atoms with E-state index >= 15 is 0 Å². The molecular formula is C7H7NO4S. The van der Waals surface area contributed by atoms with Crippen molar-refractivity contribution in [3.63, 3.8) is 0 Å². The first-order valence-corrected chi connectivity index (χ1v) is 4.65. The molecule has 0 aromatic heterocycles. The van der Waals surface area contributed by atoms with Crippen LogP contribution in [0.4, 0.5) is 4.79 Å². The van der Waals surface area contributed by atoms with E-state index in [1.165, 1.54) is 16.7 Å². The SMILES string of the molecule is O=C(O)OC1C=CS[C@H]2CC(=O)N12. The van der Waals surface area contributed by atoms with Gasteiger partial charge in [0.25, 0.3) is 0 Å². The van der Waals surface area contributed by atoms with Gasteiger partial charge in [-0.2, -0.15) is 0 Å². The van der Waals surface area contributed by atoms with Crippen LogP contribution in [0.2, 0.25) is 0 Å². The van der Waals surface area contributed by atoms with Crippen molar-refractivity contribution >= 4 is 23.8 Å². The first kappa shape index (κ1) is 8.43. The van der Waals surface area contributed by atoms with Crippen molar-refractivity contribution < 1.29 is 19.4 Å². The molecule has 1 saturated heterocycles. The largest absolute Gasteiger partial charge is 0.507 e. The first-order chi connectivity index (χ1) is 6.18.